The van der Waals surface area contributed by atoms with Gasteiger partial charge in [0, 0.05) is 11.4 Å². The maximum atomic E-state index is 12.9. The van der Waals surface area contributed by atoms with Crippen LogP contribution in [0.1, 0.15) is 53.8 Å². The highest BCUT2D eigenvalue weighted by molar-refractivity contribution is 7.10. The third-order valence-corrected chi connectivity index (χ3v) is 6.00. The number of benzene rings is 1. The maximum absolute atomic E-state index is 12.9. The molecule has 0 saturated carbocycles. The van der Waals surface area contributed by atoms with Gasteiger partial charge in [-0.2, -0.15) is 0 Å². The summed E-state index contributed by atoms with van der Waals surface area (Å²) < 4.78 is 0. The Labute approximate surface area is 155 Å². The summed E-state index contributed by atoms with van der Waals surface area (Å²) in [7, 11) is 0. The topological polar surface area (TPSA) is 32.3 Å². The second kappa shape index (κ2) is 8.63. The smallest absolute Gasteiger partial charge is 0.237 e. The van der Waals surface area contributed by atoms with Crippen LogP contribution in [0.2, 0.25) is 0 Å². The molecule has 1 aliphatic heterocycles. The number of fused-ring (bicyclic) bond motifs is 1. The summed E-state index contributed by atoms with van der Waals surface area (Å²) in [6, 6.07) is 10.7. The van der Waals surface area contributed by atoms with E-state index < -0.39 is 0 Å². The summed E-state index contributed by atoms with van der Waals surface area (Å²) in [5.74, 6) is 0.210. The molecule has 0 aliphatic carbocycles. The molecular formula is C21H28N2OS. The fraction of sp³-hybridized carbons (Fsp3) is 0.476. The highest BCUT2D eigenvalue weighted by Gasteiger charge is 2.33. The van der Waals surface area contributed by atoms with Crippen molar-refractivity contribution in [1.82, 2.24) is 10.2 Å². The number of amides is 1. The van der Waals surface area contributed by atoms with E-state index in [-0.39, 0.29) is 11.9 Å². The molecule has 1 aromatic heterocycles. The number of carbonyl (C=O) groups is 1. The van der Waals surface area contributed by atoms with E-state index in [1.165, 1.54) is 34.4 Å². The molecule has 0 saturated heterocycles. The second-order valence-electron chi connectivity index (χ2n) is 6.78. The summed E-state index contributed by atoms with van der Waals surface area (Å²) in [4.78, 5) is 16.4. The van der Waals surface area contributed by atoms with Crippen LogP contribution in [0.3, 0.4) is 0 Å². The number of hydrogen-bond donors (Lipinski definition) is 1. The molecule has 1 atom stereocenters. The van der Waals surface area contributed by atoms with E-state index in [0.29, 0.717) is 6.54 Å². The number of hydrogen-bond acceptors (Lipinski definition) is 3. The van der Waals surface area contributed by atoms with E-state index >= 15 is 0 Å². The van der Waals surface area contributed by atoms with Crippen LogP contribution in [0.25, 0.3) is 0 Å². The van der Waals surface area contributed by atoms with Crippen LogP contribution in [0.4, 0.5) is 0 Å². The molecule has 134 valence electrons. The first-order valence-electron chi connectivity index (χ1n) is 9.34. The lowest BCUT2D eigenvalue weighted by Crippen LogP contribution is -2.44. The normalized spacial score (nSPS) is 16.7. The molecule has 1 aromatic carbocycles. The molecule has 25 heavy (non-hydrogen) atoms. The predicted molar refractivity (Wildman–Crippen MR) is 105 cm³/mol. The van der Waals surface area contributed by atoms with E-state index in [9.17, 15) is 4.79 Å². The zero-order valence-corrected chi connectivity index (χ0v) is 16.1. The van der Waals surface area contributed by atoms with Crippen molar-refractivity contribution in [3.63, 3.8) is 0 Å². The van der Waals surface area contributed by atoms with Crippen molar-refractivity contribution in [2.24, 2.45) is 0 Å². The summed E-state index contributed by atoms with van der Waals surface area (Å²) in [5, 5.41) is 5.49. The standard InChI is InChI=1S/C21H28N2OS/c1-3-4-7-12-22-15-20(24)23-13-10-19-18(11-14-25-19)21(23)17-9-6-5-8-16(17)2/h5-6,8-9,11,14,21-22H,3-4,7,10,12-13,15H2,1-2H3/t21-/m0/s1. The van der Waals surface area contributed by atoms with Gasteiger partial charge in [0.2, 0.25) is 5.91 Å². The van der Waals surface area contributed by atoms with Gasteiger partial charge in [-0.1, -0.05) is 44.0 Å². The van der Waals surface area contributed by atoms with Crippen molar-refractivity contribution in [2.45, 2.75) is 45.6 Å². The van der Waals surface area contributed by atoms with Gasteiger partial charge in [-0.05, 0) is 54.4 Å². The van der Waals surface area contributed by atoms with Gasteiger partial charge >= 0.3 is 0 Å². The largest absolute Gasteiger partial charge is 0.330 e. The number of rotatable bonds is 7. The lowest BCUT2D eigenvalue weighted by atomic mass is 9.90. The van der Waals surface area contributed by atoms with Gasteiger partial charge in [0.15, 0.2) is 0 Å². The number of thiophene rings is 1. The van der Waals surface area contributed by atoms with Gasteiger partial charge in [-0.15, -0.1) is 11.3 Å². The highest BCUT2D eigenvalue weighted by atomic mass is 32.1. The highest BCUT2D eigenvalue weighted by Crippen LogP contribution is 2.38. The van der Waals surface area contributed by atoms with Crippen LogP contribution < -0.4 is 5.32 Å². The first kappa shape index (κ1) is 18.2. The number of carbonyl (C=O) groups excluding carboxylic acids is 1. The van der Waals surface area contributed by atoms with Crippen molar-refractivity contribution in [2.75, 3.05) is 19.6 Å². The van der Waals surface area contributed by atoms with Crippen LogP contribution in [0, 0.1) is 6.92 Å². The van der Waals surface area contributed by atoms with Gasteiger partial charge < -0.3 is 10.2 Å². The molecule has 1 aliphatic rings. The van der Waals surface area contributed by atoms with Gasteiger partial charge in [-0.25, -0.2) is 0 Å². The molecule has 2 aromatic rings. The zero-order chi connectivity index (χ0) is 17.6. The first-order chi connectivity index (χ1) is 12.2. The Morgan fingerprint density at radius 2 is 2.08 bits per heavy atom. The number of nitrogens with zero attached hydrogens (tertiary/aromatic N) is 1. The average Bonchev–Trinajstić information content (AvgIpc) is 3.10. The third kappa shape index (κ3) is 4.13. The molecule has 2 heterocycles. The van der Waals surface area contributed by atoms with Crippen molar-refractivity contribution in [1.29, 1.82) is 0 Å². The quantitative estimate of drug-likeness (QED) is 0.750. The average molecular weight is 357 g/mol. The van der Waals surface area contributed by atoms with E-state index in [4.69, 9.17) is 0 Å². The maximum Gasteiger partial charge on any atom is 0.237 e. The minimum absolute atomic E-state index is 0.0566. The van der Waals surface area contributed by atoms with E-state index in [0.717, 1.165) is 25.9 Å². The Hall–Kier alpha value is -1.65. The van der Waals surface area contributed by atoms with Crippen LogP contribution in [0.15, 0.2) is 35.7 Å². The number of nitrogens with one attached hydrogen (secondary N) is 1. The number of unbranched alkanes of at least 4 members (excludes halogenated alkanes) is 2. The van der Waals surface area contributed by atoms with Gasteiger partial charge in [0.25, 0.3) is 0 Å². The van der Waals surface area contributed by atoms with E-state index in [2.05, 4.69) is 59.8 Å². The Morgan fingerprint density at radius 1 is 1.24 bits per heavy atom. The van der Waals surface area contributed by atoms with Crippen LogP contribution in [0.5, 0.6) is 0 Å². The number of aryl methyl sites for hydroxylation is 1. The Bertz CT molecular complexity index is 709. The summed E-state index contributed by atoms with van der Waals surface area (Å²) >= 11 is 1.82. The van der Waals surface area contributed by atoms with Crippen LogP contribution in [-0.4, -0.2) is 30.4 Å². The Morgan fingerprint density at radius 3 is 2.88 bits per heavy atom. The fourth-order valence-electron chi connectivity index (χ4n) is 3.61. The second-order valence-corrected chi connectivity index (χ2v) is 7.78. The molecule has 4 heteroatoms. The minimum Gasteiger partial charge on any atom is -0.330 e. The summed E-state index contributed by atoms with van der Waals surface area (Å²) in [6.45, 7) is 6.51. The van der Waals surface area contributed by atoms with Crippen molar-refractivity contribution in [3.05, 3.63) is 57.3 Å². The molecule has 1 N–H and O–H groups in total. The predicted octanol–water partition coefficient (Wildman–Crippen LogP) is 4.31. The van der Waals surface area contributed by atoms with Crippen molar-refractivity contribution in [3.8, 4) is 0 Å². The molecule has 3 nitrogen and oxygen atoms in total. The van der Waals surface area contributed by atoms with E-state index in [1.807, 2.05) is 11.3 Å². The van der Waals surface area contributed by atoms with Crippen molar-refractivity contribution >= 4 is 17.2 Å². The molecule has 0 spiro atoms. The lowest BCUT2D eigenvalue weighted by Gasteiger charge is -2.37. The Balaban J connectivity index is 1.78. The van der Waals surface area contributed by atoms with Gasteiger partial charge in [-0.3, -0.25) is 4.79 Å². The fourth-order valence-corrected chi connectivity index (χ4v) is 4.51. The monoisotopic (exact) mass is 356 g/mol. The molecule has 3 rings (SSSR count). The van der Waals surface area contributed by atoms with Gasteiger partial charge in [0.1, 0.15) is 0 Å². The van der Waals surface area contributed by atoms with Crippen molar-refractivity contribution < 1.29 is 4.79 Å². The molecule has 0 radical (unpaired) electrons. The molecule has 1 amide bonds. The molecule has 0 fully saturated rings. The molecular weight excluding hydrogens is 328 g/mol. The summed E-state index contributed by atoms with van der Waals surface area (Å²) in [5.41, 5.74) is 3.81. The molecule has 0 unspecified atom stereocenters. The van der Waals surface area contributed by atoms with Crippen LogP contribution in [-0.2, 0) is 11.2 Å². The summed E-state index contributed by atoms with van der Waals surface area (Å²) in [6.07, 6.45) is 4.53. The lowest BCUT2D eigenvalue weighted by molar-refractivity contribution is -0.132. The van der Waals surface area contributed by atoms with Crippen LogP contribution >= 0.6 is 11.3 Å². The van der Waals surface area contributed by atoms with E-state index in [1.54, 1.807) is 0 Å². The van der Waals surface area contributed by atoms with Gasteiger partial charge in [0.05, 0.1) is 12.6 Å². The molecule has 0 bridgehead atoms. The third-order valence-electron chi connectivity index (χ3n) is 5.00. The Kier molecular flexibility index (Phi) is 6.27. The zero-order valence-electron chi connectivity index (χ0n) is 15.3. The minimum atomic E-state index is 0.0566. The first-order valence-corrected chi connectivity index (χ1v) is 10.2. The SMILES string of the molecule is CCCCCNCC(=O)N1CCc2sccc2[C@@H]1c1ccccc1C.